The minimum absolute atomic E-state index is 0.0763. The molecule has 6 heteroatoms. The van der Waals surface area contributed by atoms with Gasteiger partial charge < -0.3 is 14.7 Å². The number of halogens is 2. The van der Waals surface area contributed by atoms with Gasteiger partial charge in [0.1, 0.15) is 17.2 Å². The second-order valence-electron chi connectivity index (χ2n) is 6.45. The number of ether oxygens (including phenoxy) is 1. The van der Waals surface area contributed by atoms with Crippen LogP contribution in [0.1, 0.15) is 38.7 Å². The standard InChI is InChI=1S/C16H21F2NO3/c1-16(2,3)22-15(21)19-8-7-10(13(19)9-20)14-11(17)5-4-6-12(14)18/h4-6,10,13,20H,7-9H2,1-3H3/t10-,13-/m1/s1. The maximum Gasteiger partial charge on any atom is 0.410 e. The quantitative estimate of drug-likeness (QED) is 0.913. The van der Waals surface area contributed by atoms with E-state index in [9.17, 15) is 18.7 Å². The summed E-state index contributed by atoms with van der Waals surface area (Å²) in [6.07, 6.45) is -0.201. The van der Waals surface area contributed by atoms with E-state index in [4.69, 9.17) is 4.74 Å². The lowest BCUT2D eigenvalue weighted by molar-refractivity contribution is 0.0164. The van der Waals surface area contributed by atoms with Crippen LogP contribution in [0.25, 0.3) is 0 Å². The summed E-state index contributed by atoms with van der Waals surface area (Å²) in [6, 6.07) is 2.97. The third kappa shape index (κ3) is 3.38. The smallest absolute Gasteiger partial charge is 0.410 e. The first-order valence-electron chi connectivity index (χ1n) is 7.29. The number of likely N-dealkylation sites (tertiary alicyclic amines) is 1. The number of nitrogens with zero attached hydrogens (tertiary/aromatic N) is 1. The molecule has 2 rings (SSSR count). The van der Waals surface area contributed by atoms with E-state index in [0.29, 0.717) is 13.0 Å². The Morgan fingerprint density at radius 3 is 2.45 bits per heavy atom. The van der Waals surface area contributed by atoms with Crippen LogP contribution in [-0.2, 0) is 4.74 Å². The first kappa shape index (κ1) is 16.7. The van der Waals surface area contributed by atoms with Crippen molar-refractivity contribution in [2.45, 2.75) is 44.8 Å². The molecule has 122 valence electrons. The fourth-order valence-electron chi connectivity index (χ4n) is 2.83. The van der Waals surface area contributed by atoms with Gasteiger partial charge in [0.15, 0.2) is 0 Å². The first-order valence-corrected chi connectivity index (χ1v) is 7.29. The van der Waals surface area contributed by atoms with Crippen molar-refractivity contribution < 1.29 is 23.4 Å². The van der Waals surface area contributed by atoms with Gasteiger partial charge in [-0.25, -0.2) is 13.6 Å². The first-order chi connectivity index (χ1) is 10.2. The van der Waals surface area contributed by atoms with Gasteiger partial charge in [-0.1, -0.05) is 6.07 Å². The highest BCUT2D eigenvalue weighted by Crippen LogP contribution is 2.36. The zero-order chi connectivity index (χ0) is 16.5. The van der Waals surface area contributed by atoms with Crippen LogP contribution < -0.4 is 0 Å². The Kier molecular flexibility index (Phi) is 4.70. The molecule has 0 bridgehead atoms. The lowest BCUT2D eigenvalue weighted by atomic mass is 9.91. The van der Waals surface area contributed by atoms with Crippen LogP contribution in [-0.4, -0.2) is 40.9 Å². The molecule has 1 N–H and O–H groups in total. The monoisotopic (exact) mass is 313 g/mol. The number of carbonyl (C=O) groups is 1. The lowest BCUT2D eigenvalue weighted by Crippen LogP contribution is -2.43. The van der Waals surface area contributed by atoms with E-state index in [-0.39, 0.29) is 12.2 Å². The van der Waals surface area contributed by atoms with E-state index in [1.807, 2.05) is 0 Å². The fourth-order valence-corrected chi connectivity index (χ4v) is 2.83. The summed E-state index contributed by atoms with van der Waals surface area (Å²) >= 11 is 0. The van der Waals surface area contributed by atoms with Crippen molar-refractivity contribution in [3.8, 4) is 0 Å². The molecule has 0 unspecified atom stereocenters. The predicted molar refractivity (Wildman–Crippen MR) is 77.5 cm³/mol. The Labute approximate surface area is 128 Å². The number of hydrogen-bond acceptors (Lipinski definition) is 3. The van der Waals surface area contributed by atoms with E-state index in [1.165, 1.54) is 23.1 Å². The Bertz CT molecular complexity index is 537. The molecule has 0 radical (unpaired) electrons. The highest BCUT2D eigenvalue weighted by molar-refractivity contribution is 5.69. The Balaban J connectivity index is 2.25. The van der Waals surface area contributed by atoms with Crippen LogP contribution in [0.3, 0.4) is 0 Å². The van der Waals surface area contributed by atoms with Crippen molar-refractivity contribution in [1.82, 2.24) is 4.90 Å². The van der Waals surface area contributed by atoms with Crippen molar-refractivity contribution in [3.63, 3.8) is 0 Å². The van der Waals surface area contributed by atoms with Gasteiger partial charge in [-0.15, -0.1) is 0 Å². The number of carbonyl (C=O) groups excluding carboxylic acids is 1. The third-order valence-electron chi connectivity index (χ3n) is 3.73. The van der Waals surface area contributed by atoms with E-state index in [1.54, 1.807) is 20.8 Å². The molecule has 1 aromatic rings. The largest absolute Gasteiger partial charge is 0.444 e. The summed E-state index contributed by atoms with van der Waals surface area (Å²) in [5.74, 6) is -1.90. The van der Waals surface area contributed by atoms with Gasteiger partial charge in [-0.3, -0.25) is 0 Å². The van der Waals surface area contributed by atoms with Crippen LogP contribution in [0.4, 0.5) is 13.6 Å². The minimum atomic E-state index is -0.693. The van der Waals surface area contributed by atoms with Gasteiger partial charge in [0.2, 0.25) is 0 Å². The molecule has 0 spiro atoms. The van der Waals surface area contributed by atoms with E-state index in [0.717, 1.165) is 0 Å². The summed E-state index contributed by atoms with van der Waals surface area (Å²) in [4.78, 5) is 13.5. The zero-order valence-corrected chi connectivity index (χ0v) is 13.0. The molecular formula is C16H21F2NO3. The van der Waals surface area contributed by atoms with Crippen molar-refractivity contribution in [2.75, 3.05) is 13.2 Å². The molecule has 2 atom stereocenters. The highest BCUT2D eigenvalue weighted by Gasteiger charge is 2.41. The van der Waals surface area contributed by atoms with Gasteiger partial charge in [0.05, 0.1) is 12.6 Å². The number of aliphatic hydroxyl groups is 1. The second kappa shape index (κ2) is 6.20. The van der Waals surface area contributed by atoms with Crippen LogP contribution in [0.2, 0.25) is 0 Å². The van der Waals surface area contributed by atoms with Gasteiger partial charge in [-0.2, -0.15) is 0 Å². The maximum absolute atomic E-state index is 14.0. The van der Waals surface area contributed by atoms with Crippen molar-refractivity contribution in [3.05, 3.63) is 35.4 Å². The average Bonchev–Trinajstić information content (AvgIpc) is 2.80. The number of amides is 1. The average molecular weight is 313 g/mol. The molecular weight excluding hydrogens is 292 g/mol. The molecule has 1 aromatic carbocycles. The normalized spacial score (nSPS) is 22.0. The SMILES string of the molecule is CC(C)(C)OC(=O)N1CC[C@@H](c2c(F)cccc2F)[C@H]1CO. The number of hydrogen-bond donors (Lipinski definition) is 1. The number of benzene rings is 1. The van der Waals surface area contributed by atoms with Crippen LogP contribution >= 0.6 is 0 Å². The maximum atomic E-state index is 14.0. The summed E-state index contributed by atoms with van der Waals surface area (Å²) in [6.45, 7) is 5.13. The lowest BCUT2D eigenvalue weighted by Gasteiger charge is -2.29. The molecule has 4 nitrogen and oxygen atoms in total. The minimum Gasteiger partial charge on any atom is -0.444 e. The van der Waals surface area contributed by atoms with Crippen LogP contribution in [0.15, 0.2) is 18.2 Å². The Morgan fingerprint density at radius 2 is 1.95 bits per heavy atom. The molecule has 22 heavy (non-hydrogen) atoms. The topological polar surface area (TPSA) is 49.8 Å². The van der Waals surface area contributed by atoms with Crippen LogP contribution in [0.5, 0.6) is 0 Å². The number of rotatable bonds is 2. The third-order valence-corrected chi connectivity index (χ3v) is 3.73. The van der Waals surface area contributed by atoms with Gasteiger partial charge >= 0.3 is 6.09 Å². The van der Waals surface area contributed by atoms with Gasteiger partial charge in [0, 0.05) is 18.0 Å². The molecule has 0 aromatic heterocycles. The number of aliphatic hydroxyl groups excluding tert-OH is 1. The van der Waals surface area contributed by atoms with Gasteiger partial charge in [-0.05, 0) is 39.3 Å². The molecule has 1 heterocycles. The Hall–Kier alpha value is -1.69. The van der Waals surface area contributed by atoms with E-state index >= 15 is 0 Å². The second-order valence-corrected chi connectivity index (χ2v) is 6.45. The predicted octanol–water partition coefficient (Wildman–Crippen LogP) is 3.05. The summed E-state index contributed by atoms with van der Waals surface area (Å²) in [5, 5.41) is 9.60. The molecule has 1 fully saturated rings. The Morgan fingerprint density at radius 1 is 1.36 bits per heavy atom. The summed E-state index contributed by atoms with van der Waals surface area (Å²) < 4.78 is 33.2. The van der Waals surface area contributed by atoms with Gasteiger partial charge in [0.25, 0.3) is 0 Å². The molecule has 1 saturated heterocycles. The fraction of sp³-hybridized carbons (Fsp3) is 0.562. The van der Waals surface area contributed by atoms with Crippen molar-refractivity contribution >= 4 is 6.09 Å². The highest BCUT2D eigenvalue weighted by atomic mass is 19.1. The summed E-state index contributed by atoms with van der Waals surface area (Å²) in [5.41, 5.74) is -0.745. The van der Waals surface area contributed by atoms with Crippen LogP contribution in [0, 0.1) is 11.6 Å². The molecule has 0 aliphatic carbocycles. The summed E-state index contributed by atoms with van der Waals surface area (Å²) in [7, 11) is 0. The van der Waals surface area contributed by atoms with E-state index < -0.39 is 35.3 Å². The van der Waals surface area contributed by atoms with Crippen molar-refractivity contribution in [1.29, 1.82) is 0 Å². The molecule has 1 amide bonds. The zero-order valence-electron chi connectivity index (χ0n) is 13.0. The molecule has 0 saturated carbocycles. The molecule has 1 aliphatic heterocycles. The van der Waals surface area contributed by atoms with E-state index in [2.05, 4.69) is 0 Å². The van der Waals surface area contributed by atoms with Crippen molar-refractivity contribution in [2.24, 2.45) is 0 Å². The molecule has 1 aliphatic rings.